The zero-order chi connectivity index (χ0) is 18.9. The van der Waals surface area contributed by atoms with Crippen LogP contribution in [0, 0.1) is 0 Å². The topological polar surface area (TPSA) is 52.6 Å². The van der Waals surface area contributed by atoms with Crippen molar-refractivity contribution in [2.75, 3.05) is 13.2 Å². The Balaban J connectivity index is 3.48. The maximum Gasteiger partial charge on any atom is 0.333 e. The van der Waals surface area contributed by atoms with Crippen molar-refractivity contribution < 1.29 is 19.1 Å². The number of esters is 2. The van der Waals surface area contributed by atoms with E-state index < -0.39 is 11.9 Å². The molecule has 0 spiro atoms. The molecule has 25 heavy (non-hydrogen) atoms. The van der Waals surface area contributed by atoms with E-state index in [0.717, 1.165) is 12.8 Å². The number of hydrogen-bond donors (Lipinski definition) is 0. The van der Waals surface area contributed by atoms with Crippen LogP contribution in [0.25, 0.3) is 0 Å². The molecule has 0 N–H and O–H groups in total. The van der Waals surface area contributed by atoms with Gasteiger partial charge in [-0.1, -0.05) is 77.9 Å². The van der Waals surface area contributed by atoms with Crippen LogP contribution in [0.3, 0.4) is 0 Å². The minimum absolute atomic E-state index is 0.0446. The highest BCUT2D eigenvalue weighted by Crippen LogP contribution is 2.13. The van der Waals surface area contributed by atoms with Crippen molar-refractivity contribution in [2.45, 2.75) is 84.5 Å². The molecule has 144 valence electrons. The van der Waals surface area contributed by atoms with E-state index in [4.69, 9.17) is 9.47 Å². The Bertz CT molecular complexity index is 412. The Morgan fingerprint density at radius 1 is 0.720 bits per heavy atom. The highest BCUT2D eigenvalue weighted by molar-refractivity contribution is 5.88. The molecule has 0 saturated carbocycles. The van der Waals surface area contributed by atoms with E-state index in [-0.39, 0.29) is 13.2 Å². The van der Waals surface area contributed by atoms with E-state index >= 15 is 0 Å². The summed E-state index contributed by atoms with van der Waals surface area (Å²) >= 11 is 0. The van der Waals surface area contributed by atoms with Gasteiger partial charge in [-0.05, 0) is 19.8 Å². The summed E-state index contributed by atoms with van der Waals surface area (Å²) < 4.78 is 9.89. The average Bonchev–Trinajstić information content (AvgIpc) is 2.59. The lowest BCUT2D eigenvalue weighted by Crippen LogP contribution is -2.15. The molecular weight excluding hydrogens is 316 g/mol. The maximum atomic E-state index is 11.7. The summed E-state index contributed by atoms with van der Waals surface area (Å²) in [6, 6.07) is 0. The molecule has 0 aromatic heterocycles. The lowest BCUT2D eigenvalue weighted by molar-refractivity contribution is -0.147. The van der Waals surface area contributed by atoms with Gasteiger partial charge < -0.3 is 9.47 Å². The van der Waals surface area contributed by atoms with Gasteiger partial charge in [0.25, 0.3) is 0 Å². The van der Waals surface area contributed by atoms with E-state index in [1.165, 1.54) is 51.4 Å². The first kappa shape index (κ1) is 23.4. The van der Waals surface area contributed by atoms with Crippen LogP contribution in [-0.2, 0) is 19.1 Å². The van der Waals surface area contributed by atoms with Gasteiger partial charge in [-0.15, -0.1) is 0 Å². The third-order valence-electron chi connectivity index (χ3n) is 4.02. The summed E-state index contributed by atoms with van der Waals surface area (Å²) in [7, 11) is 0. The Hall–Kier alpha value is -1.58. The number of carbonyl (C=O) groups is 2. The highest BCUT2D eigenvalue weighted by Gasteiger charge is 2.09. The number of carbonyl (C=O) groups excluding carboxylic acids is 2. The molecule has 0 amide bonds. The van der Waals surface area contributed by atoms with Gasteiger partial charge in [0.2, 0.25) is 0 Å². The van der Waals surface area contributed by atoms with Crippen molar-refractivity contribution >= 4 is 11.9 Å². The summed E-state index contributed by atoms with van der Waals surface area (Å²) in [5.41, 5.74) is 0.822. The van der Waals surface area contributed by atoms with Gasteiger partial charge in [-0.25, -0.2) is 9.59 Å². The molecule has 0 aromatic rings. The monoisotopic (exact) mass is 352 g/mol. The summed E-state index contributed by atoms with van der Waals surface area (Å²) in [4.78, 5) is 22.9. The van der Waals surface area contributed by atoms with Crippen molar-refractivity contribution in [3.05, 3.63) is 24.3 Å². The van der Waals surface area contributed by atoms with Crippen molar-refractivity contribution in [1.29, 1.82) is 0 Å². The van der Waals surface area contributed by atoms with E-state index in [1.807, 2.05) is 0 Å². The Kier molecular flexibility index (Phi) is 14.9. The van der Waals surface area contributed by atoms with Gasteiger partial charge in [-0.2, -0.15) is 0 Å². The molecule has 0 bridgehead atoms. The number of ether oxygens (including phenoxy) is 2. The normalized spacial score (nSPS) is 10.3. The van der Waals surface area contributed by atoms with Crippen LogP contribution in [0.5, 0.6) is 0 Å². The minimum atomic E-state index is -0.472. The third-order valence-corrected chi connectivity index (χ3v) is 4.02. The first-order valence-corrected chi connectivity index (χ1v) is 9.66. The van der Waals surface area contributed by atoms with E-state index in [2.05, 4.69) is 20.1 Å². The molecule has 0 heterocycles. The van der Waals surface area contributed by atoms with Crippen molar-refractivity contribution in [3.63, 3.8) is 0 Å². The van der Waals surface area contributed by atoms with E-state index in [0.29, 0.717) is 17.6 Å². The lowest BCUT2D eigenvalue weighted by Gasteiger charge is -2.08. The molecule has 0 atom stereocenters. The fourth-order valence-corrected chi connectivity index (χ4v) is 2.42. The molecule has 4 nitrogen and oxygen atoms in total. The predicted octanol–water partition coefficient (Wildman–Crippen LogP) is 5.52. The van der Waals surface area contributed by atoms with Crippen LogP contribution in [-0.4, -0.2) is 25.2 Å². The molecule has 0 aliphatic carbocycles. The van der Waals surface area contributed by atoms with Gasteiger partial charge in [-0.3, -0.25) is 0 Å². The molecule has 0 fully saturated rings. The third kappa shape index (κ3) is 14.5. The van der Waals surface area contributed by atoms with E-state index in [9.17, 15) is 9.59 Å². The Morgan fingerprint density at radius 2 is 1.16 bits per heavy atom. The SMILES string of the molecule is C=C(C)C(=O)OCCOC(=O)C(=C)CCCCCCCCCCCC. The lowest BCUT2D eigenvalue weighted by atomic mass is 10.0. The van der Waals surface area contributed by atoms with Gasteiger partial charge in [0.1, 0.15) is 13.2 Å². The standard InChI is InChI=1S/C21H36O4/c1-5-6-7-8-9-10-11-12-13-14-15-19(4)21(23)25-17-16-24-20(22)18(2)3/h2,4-17H2,1,3H3. The van der Waals surface area contributed by atoms with E-state index in [1.54, 1.807) is 6.92 Å². The zero-order valence-corrected chi connectivity index (χ0v) is 16.2. The molecule has 0 aliphatic rings. The Morgan fingerprint density at radius 3 is 1.64 bits per heavy atom. The number of unbranched alkanes of at least 4 members (excludes halogenated alkanes) is 9. The first-order valence-electron chi connectivity index (χ1n) is 9.66. The Labute approximate surface area is 153 Å². The summed E-state index contributed by atoms with van der Waals surface area (Å²) in [6.07, 6.45) is 13.3. The molecule has 0 radical (unpaired) electrons. The smallest absolute Gasteiger partial charge is 0.333 e. The quantitative estimate of drug-likeness (QED) is 0.209. The largest absolute Gasteiger partial charge is 0.459 e. The van der Waals surface area contributed by atoms with Crippen LogP contribution < -0.4 is 0 Å². The van der Waals surface area contributed by atoms with Crippen LogP contribution in [0.2, 0.25) is 0 Å². The zero-order valence-electron chi connectivity index (χ0n) is 16.2. The maximum absolute atomic E-state index is 11.7. The summed E-state index contributed by atoms with van der Waals surface area (Å²) in [5, 5.41) is 0. The van der Waals surface area contributed by atoms with Crippen molar-refractivity contribution in [2.24, 2.45) is 0 Å². The average molecular weight is 353 g/mol. The first-order chi connectivity index (χ1) is 12.0. The van der Waals surface area contributed by atoms with Gasteiger partial charge >= 0.3 is 11.9 Å². The fourth-order valence-electron chi connectivity index (χ4n) is 2.42. The molecule has 0 rings (SSSR count). The molecule has 0 unspecified atom stereocenters. The van der Waals surface area contributed by atoms with Crippen LogP contribution in [0.4, 0.5) is 0 Å². The molecule has 0 saturated heterocycles. The van der Waals surface area contributed by atoms with Gasteiger partial charge in [0, 0.05) is 11.1 Å². The van der Waals surface area contributed by atoms with Crippen LogP contribution in [0.15, 0.2) is 24.3 Å². The van der Waals surface area contributed by atoms with Crippen LogP contribution in [0.1, 0.15) is 84.5 Å². The summed E-state index contributed by atoms with van der Waals surface area (Å²) in [5.74, 6) is -0.873. The van der Waals surface area contributed by atoms with Crippen molar-refractivity contribution in [1.82, 2.24) is 0 Å². The second kappa shape index (κ2) is 15.9. The number of rotatable bonds is 16. The molecular formula is C21H36O4. The second-order valence-electron chi connectivity index (χ2n) is 6.59. The molecule has 4 heteroatoms. The highest BCUT2D eigenvalue weighted by atomic mass is 16.6. The minimum Gasteiger partial charge on any atom is -0.459 e. The predicted molar refractivity (Wildman–Crippen MR) is 102 cm³/mol. The second-order valence-corrected chi connectivity index (χ2v) is 6.59. The van der Waals surface area contributed by atoms with Gasteiger partial charge in [0.05, 0.1) is 0 Å². The number of hydrogen-bond acceptors (Lipinski definition) is 4. The fraction of sp³-hybridized carbons (Fsp3) is 0.714. The summed E-state index contributed by atoms with van der Waals surface area (Å²) in [6.45, 7) is 11.2. The van der Waals surface area contributed by atoms with Gasteiger partial charge in [0.15, 0.2) is 0 Å². The molecule has 0 aromatic carbocycles. The van der Waals surface area contributed by atoms with Crippen LogP contribution >= 0.6 is 0 Å². The molecule has 0 aliphatic heterocycles. The van der Waals surface area contributed by atoms with Crippen molar-refractivity contribution in [3.8, 4) is 0 Å².